The maximum Gasteiger partial charge on any atom is 0.0894 e. The van der Waals surface area contributed by atoms with Gasteiger partial charge in [-0.2, -0.15) is 0 Å². The third kappa shape index (κ3) is 3.92. The van der Waals surface area contributed by atoms with Gasteiger partial charge in [0, 0.05) is 13.1 Å². The average molecular weight is 203 g/mol. The van der Waals surface area contributed by atoms with Crippen molar-refractivity contribution < 1.29 is 15.3 Å². The molecule has 1 unspecified atom stereocenters. The smallest absolute Gasteiger partial charge is 0.0894 e. The highest BCUT2D eigenvalue weighted by molar-refractivity contribution is 4.84. The molecule has 0 spiro atoms. The Balaban J connectivity index is 2.15. The summed E-state index contributed by atoms with van der Waals surface area (Å²) < 4.78 is 0. The lowest BCUT2D eigenvalue weighted by molar-refractivity contribution is 0.000967. The van der Waals surface area contributed by atoms with Crippen molar-refractivity contribution in [1.82, 2.24) is 5.32 Å². The van der Waals surface area contributed by atoms with Crippen LogP contribution in [0.1, 0.15) is 32.1 Å². The molecule has 0 aromatic rings. The summed E-state index contributed by atoms with van der Waals surface area (Å²) in [7, 11) is 0. The minimum atomic E-state index is -0.720. The Morgan fingerprint density at radius 3 is 2.43 bits per heavy atom. The molecular formula is C10H21NO3. The first-order chi connectivity index (χ1) is 6.66. The number of rotatable bonds is 5. The molecule has 0 aromatic carbocycles. The lowest BCUT2D eigenvalue weighted by Gasteiger charge is -2.32. The Hall–Kier alpha value is -0.160. The van der Waals surface area contributed by atoms with E-state index in [9.17, 15) is 5.11 Å². The van der Waals surface area contributed by atoms with Gasteiger partial charge in [-0.05, 0) is 12.8 Å². The first-order valence-corrected chi connectivity index (χ1v) is 5.38. The second-order valence-electron chi connectivity index (χ2n) is 4.25. The van der Waals surface area contributed by atoms with E-state index in [1.165, 1.54) is 6.42 Å². The molecule has 1 aliphatic rings. The predicted molar refractivity (Wildman–Crippen MR) is 54.0 cm³/mol. The van der Waals surface area contributed by atoms with Crippen molar-refractivity contribution in [3.05, 3.63) is 0 Å². The summed E-state index contributed by atoms with van der Waals surface area (Å²) in [5, 5.41) is 30.7. The Morgan fingerprint density at radius 2 is 1.86 bits per heavy atom. The van der Waals surface area contributed by atoms with E-state index >= 15 is 0 Å². The molecule has 14 heavy (non-hydrogen) atoms. The summed E-state index contributed by atoms with van der Waals surface area (Å²) in [5.74, 6) is 0. The van der Waals surface area contributed by atoms with Crippen LogP contribution in [0, 0.1) is 0 Å². The minimum absolute atomic E-state index is 0.231. The second kappa shape index (κ2) is 5.66. The molecular weight excluding hydrogens is 182 g/mol. The molecule has 0 amide bonds. The van der Waals surface area contributed by atoms with Crippen LogP contribution in [0.2, 0.25) is 0 Å². The van der Waals surface area contributed by atoms with E-state index in [1.807, 2.05) is 0 Å². The molecule has 4 nitrogen and oxygen atoms in total. The number of aliphatic hydroxyl groups excluding tert-OH is 2. The maximum absolute atomic E-state index is 10.1. The van der Waals surface area contributed by atoms with Gasteiger partial charge in [-0.3, -0.25) is 0 Å². The van der Waals surface area contributed by atoms with Crippen LogP contribution in [0.25, 0.3) is 0 Å². The van der Waals surface area contributed by atoms with Crippen LogP contribution < -0.4 is 5.32 Å². The highest BCUT2D eigenvalue weighted by Gasteiger charge is 2.28. The zero-order valence-electron chi connectivity index (χ0n) is 8.58. The van der Waals surface area contributed by atoms with Gasteiger partial charge in [0.2, 0.25) is 0 Å². The van der Waals surface area contributed by atoms with Crippen LogP contribution >= 0.6 is 0 Å². The highest BCUT2D eigenvalue weighted by Crippen LogP contribution is 2.27. The summed E-state index contributed by atoms with van der Waals surface area (Å²) in [6.07, 6.45) is 4.34. The quantitative estimate of drug-likeness (QED) is 0.492. The number of hydrogen-bond donors (Lipinski definition) is 4. The van der Waals surface area contributed by atoms with Crippen LogP contribution in [-0.2, 0) is 0 Å². The summed E-state index contributed by atoms with van der Waals surface area (Å²) in [6, 6.07) is 0. The normalized spacial score (nSPS) is 23.4. The largest absolute Gasteiger partial charge is 0.394 e. The van der Waals surface area contributed by atoms with Crippen molar-refractivity contribution in [3.63, 3.8) is 0 Å². The molecule has 0 aliphatic heterocycles. The maximum atomic E-state index is 10.1. The van der Waals surface area contributed by atoms with Gasteiger partial charge in [-0.25, -0.2) is 0 Å². The summed E-state index contributed by atoms with van der Waals surface area (Å²) in [5.41, 5.74) is -0.590. The number of nitrogens with one attached hydrogen (secondary N) is 1. The van der Waals surface area contributed by atoms with E-state index in [0.717, 1.165) is 25.7 Å². The second-order valence-corrected chi connectivity index (χ2v) is 4.25. The van der Waals surface area contributed by atoms with Crippen molar-refractivity contribution in [2.24, 2.45) is 0 Å². The van der Waals surface area contributed by atoms with E-state index in [1.54, 1.807) is 0 Å². The SMILES string of the molecule is OCC(O)CNCC1(O)CCCCC1. The lowest BCUT2D eigenvalue weighted by atomic mass is 9.85. The fraction of sp³-hybridized carbons (Fsp3) is 1.00. The summed E-state index contributed by atoms with van der Waals surface area (Å²) in [6.45, 7) is 0.633. The minimum Gasteiger partial charge on any atom is -0.394 e. The lowest BCUT2D eigenvalue weighted by Crippen LogP contribution is -2.44. The Labute approximate surface area is 85.0 Å². The van der Waals surface area contributed by atoms with E-state index < -0.39 is 11.7 Å². The van der Waals surface area contributed by atoms with Crippen molar-refractivity contribution in [2.75, 3.05) is 19.7 Å². The van der Waals surface area contributed by atoms with Crippen LogP contribution in [-0.4, -0.2) is 46.7 Å². The van der Waals surface area contributed by atoms with Gasteiger partial charge in [0.1, 0.15) is 0 Å². The van der Waals surface area contributed by atoms with Crippen molar-refractivity contribution >= 4 is 0 Å². The fourth-order valence-electron chi connectivity index (χ4n) is 1.92. The van der Waals surface area contributed by atoms with Gasteiger partial charge in [-0.1, -0.05) is 19.3 Å². The van der Waals surface area contributed by atoms with Gasteiger partial charge in [0.15, 0.2) is 0 Å². The topological polar surface area (TPSA) is 72.7 Å². The molecule has 1 aliphatic carbocycles. The van der Waals surface area contributed by atoms with Gasteiger partial charge in [0.25, 0.3) is 0 Å². The summed E-state index contributed by atoms with van der Waals surface area (Å²) in [4.78, 5) is 0. The van der Waals surface area contributed by atoms with E-state index in [0.29, 0.717) is 13.1 Å². The fourth-order valence-corrected chi connectivity index (χ4v) is 1.92. The molecule has 1 atom stereocenters. The molecule has 0 saturated heterocycles. The van der Waals surface area contributed by atoms with E-state index in [-0.39, 0.29) is 6.61 Å². The van der Waals surface area contributed by atoms with Crippen LogP contribution in [0.4, 0.5) is 0 Å². The van der Waals surface area contributed by atoms with Crippen LogP contribution in [0.15, 0.2) is 0 Å². The first-order valence-electron chi connectivity index (χ1n) is 5.38. The summed E-state index contributed by atoms with van der Waals surface area (Å²) >= 11 is 0. The van der Waals surface area contributed by atoms with Gasteiger partial charge < -0.3 is 20.6 Å². The number of aliphatic hydroxyl groups is 3. The molecule has 4 heteroatoms. The zero-order chi connectivity index (χ0) is 10.4. The van der Waals surface area contributed by atoms with E-state index in [2.05, 4.69) is 5.32 Å². The van der Waals surface area contributed by atoms with Crippen LogP contribution in [0.5, 0.6) is 0 Å². The van der Waals surface area contributed by atoms with Gasteiger partial charge >= 0.3 is 0 Å². The third-order valence-corrected chi connectivity index (χ3v) is 2.83. The molecule has 4 N–H and O–H groups in total. The van der Waals surface area contributed by atoms with Crippen molar-refractivity contribution in [3.8, 4) is 0 Å². The molecule has 0 heterocycles. The Bertz CT molecular complexity index is 157. The monoisotopic (exact) mass is 203 g/mol. The molecule has 84 valence electrons. The molecule has 1 saturated carbocycles. The van der Waals surface area contributed by atoms with Crippen molar-refractivity contribution in [1.29, 1.82) is 0 Å². The molecule has 0 bridgehead atoms. The molecule has 1 rings (SSSR count). The van der Waals surface area contributed by atoms with Crippen molar-refractivity contribution in [2.45, 2.75) is 43.8 Å². The zero-order valence-corrected chi connectivity index (χ0v) is 8.58. The van der Waals surface area contributed by atoms with Crippen LogP contribution in [0.3, 0.4) is 0 Å². The first kappa shape index (κ1) is 11.9. The highest BCUT2D eigenvalue weighted by atomic mass is 16.3. The number of hydrogen-bond acceptors (Lipinski definition) is 4. The van der Waals surface area contributed by atoms with E-state index in [4.69, 9.17) is 10.2 Å². The molecule has 0 aromatic heterocycles. The Kier molecular flexibility index (Phi) is 4.81. The Morgan fingerprint density at radius 1 is 1.21 bits per heavy atom. The van der Waals surface area contributed by atoms with Gasteiger partial charge in [-0.15, -0.1) is 0 Å². The third-order valence-electron chi connectivity index (χ3n) is 2.83. The molecule has 1 fully saturated rings. The average Bonchev–Trinajstić information content (AvgIpc) is 2.18. The standard InChI is InChI=1S/C10H21NO3/c12-7-9(13)6-11-8-10(14)4-2-1-3-5-10/h9,11-14H,1-8H2. The molecule has 0 radical (unpaired) electrons. The predicted octanol–water partition coefficient (Wildman–Crippen LogP) is -0.376. The van der Waals surface area contributed by atoms with Gasteiger partial charge in [0.05, 0.1) is 18.3 Å².